The smallest absolute Gasteiger partial charge is 0.273 e. The van der Waals surface area contributed by atoms with Crippen LogP contribution in [0.2, 0.25) is 0 Å². The van der Waals surface area contributed by atoms with Crippen molar-refractivity contribution in [1.29, 1.82) is 0 Å². The van der Waals surface area contributed by atoms with Gasteiger partial charge in [0.15, 0.2) is 0 Å². The summed E-state index contributed by atoms with van der Waals surface area (Å²) in [6.07, 6.45) is 6.27. The standard InChI is InChI=1S/C35H46N4O4/c1-5-24-13-14-32-27(17-24)30(20-35(43-32)15-10-16-35)36-21-31(40)28(18-25-11-8-7-9-12-25)38-33(41)26-19-29(37-23(3)4)34(42)39(6-2)22-26/h7-9,11-14,17,19,22-23,28,30-31,36-37,40H,5-6,10,15-16,18,20-21H2,1-4H3,(H,38,41)/t28-,30?,31+/m0/s1. The number of hydrogen-bond donors (Lipinski definition) is 4. The van der Waals surface area contributed by atoms with Crippen molar-refractivity contribution in [2.24, 2.45) is 0 Å². The van der Waals surface area contributed by atoms with Gasteiger partial charge in [-0.05, 0) is 76.1 Å². The molecule has 0 bridgehead atoms. The lowest BCUT2D eigenvalue weighted by Crippen LogP contribution is -2.52. The molecular formula is C35H46N4O4. The highest BCUT2D eigenvalue weighted by Gasteiger charge is 2.45. The van der Waals surface area contributed by atoms with Gasteiger partial charge >= 0.3 is 0 Å². The van der Waals surface area contributed by atoms with Gasteiger partial charge in [-0.15, -0.1) is 0 Å². The monoisotopic (exact) mass is 586 g/mol. The molecule has 1 aliphatic heterocycles. The summed E-state index contributed by atoms with van der Waals surface area (Å²) in [4.78, 5) is 26.5. The summed E-state index contributed by atoms with van der Waals surface area (Å²) in [7, 11) is 0. The number of aryl methyl sites for hydroxylation is 2. The van der Waals surface area contributed by atoms with Crippen molar-refractivity contribution in [3.8, 4) is 5.75 Å². The van der Waals surface area contributed by atoms with Crippen molar-refractivity contribution in [2.45, 2.75) is 103 Å². The Bertz CT molecular complexity index is 1460. The molecule has 1 saturated carbocycles. The Balaban J connectivity index is 1.36. The number of anilines is 1. The Morgan fingerprint density at radius 1 is 1.09 bits per heavy atom. The fourth-order valence-electron chi connectivity index (χ4n) is 6.22. The molecule has 1 aromatic heterocycles. The van der Waals surface area contributed by atoms with Gasteiger partial charge in [-0.25, -0.2) is 0 Å². The number of ether oxygens (including phenoxy) is 1. The van der Waals surface area contributed by atoms with Gasteiger partial charge in [-0.1, -0.05) is 49.4 Å². The van der Waals surface area contributed by atoms with Crippen LogP contribution in [0.1, 0.15) is 86.5 Å². The zero-order valence-corrected chi connectivity index (χ0v) is 25.9. The van der Waals surface area contributed by atoms with Gasteiger partial charge in [-0.2, -0.15) is 0 Å². The first kappa shape index (κ1) is 30.8. The van der Waals surface area contributed by atoms with Crippen LogP contribution in [0.4, 0.5) is 5.69 Å². The predicted molar refractivity (Wildman–Crippen MR) is 171 cm³/mol. The van der Waals surface area contributed by atoms with Crippen molar-refractivity contribution in [1.82, 2.24) is 15.2 Å². The number of carbonyl (C=O) groups excluding carboxylic acids is 1. The fourth-order valence-corrected chi connectivity index (χ4v) is 6.22. The summed E-state index contributed by atoms with van der Waals surface area (Å²) in [5.41, 5.74) is 3.88. The molecule has 1 fully saturated rings. The molecule has 4 N–H and O–H groups in total. The van der Waals surface area contributed by atoms with E-state index in [1.54, 1.807) is 12.3 Å². The van der Waals surface area contributed by atoms with Crippen LogP contribution in [0.25, 0.3) is 0 Å². The van der Waals surface area contributed by atoms with Crippen LogP contribution in [-0.2, 0) is 19.4 Å². The third-order valence-corrected chi connectivity index (χ3v) is 8.81. The van der Waals surface area contributed by atoms with Crippen LogP contribution in [0, 0.1) is 0 Å². The molecule has 2 aliphatic rings. The number of pyridine rings is 1. The van der Waals surface area contributed by atoms with Crippen LogP contribution >= 0.6 is 0 Å². The summed E-state index contributed by atoms with van der Waals surface area (Å²) >= 11 is 0. The highest BCUT2D eigenvalue weighted by Crippen LogP contribution is 2.49. The minimum atomic E-state index is -0.854. The van der Waals surface area contributed by atoms with E-state index in [1.165, 1.54) is 16.6 Å². The highest BCUT2D eigenvalue weighted by molar-refractivity contribution is 5.95. The molecule has 8 heteroatoms. The molecule has 1 spiro atoms. The van der Waals surface area contributed by atoms with E-state index in [9.17, 15) is 14.7 Å². The lowest BCUT2D eigenvalue weighted by Gasteiger charge is -2.48. The van der Waals surface area contributed by atoms with E-state index < -0.39 is 12.1 Å². The number of rotatable bonds is 12. The molecule has 43 heavy (non-hydrogen) atoms. The van der Waals surface area contributed by atoms with E-state index in [-0.39, 0.29) is 29.2 Å². The van der Waals surface area contributed by atoms with E-state index in [2.05, 4.69) is 41.1 Å². The minimum Gasteiger partial charge on any atom is -0.487 e. The maximum Gasteiger partial charge on any atom is 0.273 e. The van der Waals surface area contributed by atoms with Crippen molar-refractivity contribution in [3.05, 3.63) is 93.4 Å². The molecule has 1 amide bonds. The van der Waals surface area contributed by atoms with E-state index in [4.69, 9.17) is 4.74 Å². The van der Waals surface area contributed by atoms with Crippen LogP contribution < -0.4 is 26.2 Å². The van der Waals surface area contributed by atoms with E-state index in [1.807, 2.05) is 51.1 Å². The van der Waals surface area contributed by atoms with Crippen LogP contribution in [0.15, 0.2) is 65.6 Å². The Kier molecular flexibility index (Phi) is 9.57. The van der Waals surface area contributed by atoms with Gasteiger partial charge in [0.1, 0.15) is 17.0 Å². The molecule has 2 heterocycles. The first-order valence-electron chi connectivity index (χ1n) is 15.8. The molecule has 3 aromatic rings. The van der Waals surface area contributed by atoms with Gasteiger partial charge < -0.3 is 30.4 Å². The normalized spacial score (nSPS) is 18.3. The highest BCUT2D eigenvalue weighted by atomic mass is 16.5. The van der Waals surface area contributed by atoms with E-state index in [0.29, 0.717) is 30.8 Å². The number of nitrogens with zero attached hydrogens (tertiary/aromatic N) is 1. The number of aliphatic hydroxyl groups is 1. The lowest BCUT2D eigenvalue weighted by molar-refractivity contribution is -0.0382. The largest absolute Gasteiger partial charge is 0.487 e. The van der Waals surface area contributed by atoms with Gasteiger partial charge in [-0.3, -0.25) is 9.59 Å². The predicted octanol–water partition coefficient (Wildman–Crippen LogP) is 4.99. The summed E-state index contributed by atoms with van der Waals surface area (Å²) in [6, 6.07) is 17.5. The van der Waals surface area contributed by atoms with Crippen molar-refractivity contribution in [3.63, 3.8) is 0 Å². The molecule has 5 rings (SSSR count). The third-order valence-electron chi connectivity index (χ3n) is 8.81. The molecular weight excluding hydrogens is 540 g/mol. The quantitative estimate of drug-likeness (QED) is 0.239. The molecule has 230 valence electrons. The zero-order valence-electron chi connectivity index (χ0n) is 25.9. The second-order valence-corrected chi connectivity index (χ2v) is 12.4. The minimum absolute atomic E-state index is 0.0397. The summed E-state index contributed by atoms with van der Waals surface area (Å²) in [5, 5.41) is 21.5. The number of nitrogens with one attached hydrogen (secondary N) is 3. The van der Waals surface area contributed by atoms with Crippen LogP contribution in [0.5, 0.6) is 5.75 Å². The Hall–Kier alpha value is -3.62. The Morgan fingerprint density at radius 2 is 1.86 bits per heavy atom. The fraction of sp³-hybridized carbons (Fsp3) is 0.486. The van der Waals surface area contributed by atoms with E-state index >= 15 is 0 Å². The number of benzene rings is 2. The average molecular weight is 587 g/mol. The SMILES string of the molecule is CCc1ccc2c(c1)C(NC[C@@H](O)[C@H](Cc1ccccc1)NC(=O)c1cc(NC(C)C)c(=O)n(CC)c1)CC1(CCC1)O2. The Labute approximate surface area is 254 Å². The Morgan fingerprint density at radius 3 is 2.51 bits per heavy atom. The van der Waals surface area contributed by atoms with Crippen LogP contribution in [0.3, 0.4) is 0 Å². The van der Waals surface area contributed by atoms with Gasteiger partial charge in [0, 0.05) is 43.4 Å². The summed E-state index contributed by atoms with van der Waals surface area (Å²) in [5.74, 6) is 0.604. The van der Waals surface area contributed by atoms with Crippen molar-refractivity contribution < 1.29 is 14.6 Å². The number of aliphatic hydroxyl groups excluding tert-OH is 1. The molecule has 3 atom stereocenters. The molecule has 0 radical (unpaired) electrons. The number of carbonyl (C=O) groups is 1. The third kappa shape index (κ3) is 7.13. The molecule has 1 unspecified atom stereocenters. The second kappa shape index (κ2) is 13.3. The molecule has 8 nitrogen and oxygen atoms in total. The van der Waals surface area contributed by atoms with Crippen molar-refractivity contribution in [2.75, 3.05) is 11.9 Å². The van der Waals surface area contributed by atoms with E-state index in [0.717, 1.165) is 42.6 Å². The summed E-state index contributed by atoms with van der Waals surface area (Å²) in [6.45, 7) is 8.68. The van der Waals surface area contributed by atoms with Crippen LogP contribution in [-0.4, -0.2) is 45.9 Å². The lowest BCUT2D eigenvalue weighted by atomic mass is 9.72. The first-order chi connectivity index (χ1) is 20.7. The number of hydrogen-bond acceptors (Lipinski definition) is 6. The maximum absolute atomic E-state index is 13.6. The van der Waals surface area contributed by atoms with Gasteiger partial charge in [0.25, 0.3) is 11.5 Å². The topological polar surface area (TPSA) is 105 Å². The molecule has 1 aliphatic carbocycles. The molecule has 0 saturated heterocycles. The molecule has 2 aromatic carbocycles. The number of aromatic nitrogens is 1. The van der Waals surface area contributed by atoms with Gasteiger partial charge in [0.05, 0.1) is 17.7 Å². The average Bonchev–Trinajstić information content (AvgIpc) is 2.99. The van der Waals surface area contributed by atoms with Crippen molar-refractivity contribution >= 4 is 11.6 Å². The number of fused-ring (bicyclic) bond motifs is 1. The van der Waals surface area contributed by atoms with Gasteiger partial charge in [0.2, 0.25) is 0 Å². The summed E-state index contributed by atoms with van der Waals surface area (Å²) < 4.78 is 8.03. The number of amides is 1. The zero-order chi connectivity index (χ0) is 30.6. The first-order valence-corrected chi connectivity index (χ1v) is 15.8. The second-order valence-electron chi connectivity index (χ2n) is 12.4. The maximum atomic E-state index is 13.6.